The largest absolute Gasteiger partial charge is 0.312 e. The van der Waals surface area contributed by atoms with Crippen molar-refractivity contribution in [2.24, 2.45) is 5.92 Å². The molecule has 0 bridgehead atoms. The summed E-state index contributed by atoms with van der Waals surface area (Å²) in [6, 6.07) is 6.46. The smallest absolute Gasteiger partial charge is 0.110 e. The van der Waals surface area contributed by atoms with Gasteiger partial charge in [0, 0.05) is 23.4 Å². The predicted octanol–water partition coefficient (Wildman–Crippen LogP) is 3.69. The predicted molar refractivity (Wildman–Crippen MR) is 82.5 cm³/mol. The molecule has 0 atom stereocenters. The van der Waals surface area contributed by atoms with Gasteiger partial charge in [0.25, 0.3) is 0 Å². The molecule has 0 aliphatic carbocycles. The number of nitrogens with zero attached hydrogens (tertiary/aromatic N) is 2. The quantitative estimate of drug-likeness (QED) is 0.910. The fourth-order valence-corrected chi connectivity index (χ4v) is 2.61. The van der Waals surface area contributed by atoms with Crippen molar-refractivity contribution in [2.45, 2.75) is 27.3 Å². The molecular formula is C15H20BrN3. The summed E-state index contributed by atoms with van der Waals surface area (Å²) in [7, 11) is 0. The average molecular weight is 322 g/mol. The van der Waals surface area contributed by atoms with Gasteiger partial charge in [-0.25, -0.2) is 4.98 Å². The Kier molecular flexibility index (Phi) is 4.77. The molecule has 102 valence electrons. The van der Waals surface area contributed by atoms with E-state index in [2.05, 4.69) is 62.8 Å². The molecule has 1 aromatic carbocycles. The highest BCUT2D eigenvalue weighted by Crippen LogP contribution is 2.23. The number of nitrogens with one attached hydrogen (secondary N) is 1. The molecule has 1 aromatic heterocycles. The van der Waals surface area contributed by atoms with Crippen molar-refractivity contribution in [1.29, 1.82) is 0 Å². The van der Waals surface area contributed by atoms with Crippen LogP contribution in [0.2, 0.25) is 0 Å². The Labute approximate surface area is 123 Å². The Morgan fingerprint density at radius 2 is 2.16 bits per heavy atom. The second-order valence-corrected chi connectivity index (χ2v) is 6.01. The Hall–Kier alpha value is -1.13. The number of aromatic nitrogens is 2. The van der Waals surface area contributed by atoms with Gasteiger partial charge < -0.3 is 9.88 Å². The standard InChI is InChI=1S/C15H20BrN3/c1-11(2)9-17-10-13-4-5-15(14(16)8-13)19-7-6-18-12(19)3/h4-8,11,17H,9-10H2,1-3H3. The van der Waals surface area contributed by atoms with Crippen molar-refractivity contribution in [3.05, 3.63) is 46.5 Å². The normalized spacial score (nSPS) is 11.2. The van der Waals surface area contributed by atoms with E-state index in [0.29, 0.717) is 5.92 Å². The van der Waals surface area contributed by atoms with Crippen molar-refractivity contribution in [2.75, 3.05) is 6.54 Å². The summed E-state index contributed by atoms with van der Waals surface area (Å²) in [5.74, 6) is 1.67. The minimum atomic E-state index is 0.677. The number of rotatable bonds is 5. The van der Waals surface area contributed by atoms with Crippen molar-refractivity contribution in [3.63, 3.8) is 0 Å². The van der Waals surface area contributed by atoms with Gasteiger partial charge in [0.05, 0.1) is 5.69 Å². The highest BCUT2D eigenvalue weighted by Gasteiger charge is 2.06. The van der Waals surface area contributed by atoms with Gasteiger partial charge in [-0.2, -0.15) is 0 Å². The topological polar surface area (TPSA) is 29.9 Å². The van der Waals surface area contributed by atoms with Gasteiger partial charge in [-0.1, -0.05) is 19.9 Å². The van der Waals surface area contributed by atoms with Crippen LogP contribution in [0.1, 0.15) is 25.2 Å². The fourth-order valence-electron chi connectivity index (χ4n) is 1.99. The molecule has 0 saturated heterocycles. The van der Waals surface area contributed by atoms with E-state index in [4.69, 9.17) is 0 Å². The molecule has 1 heterocycles. The Bertz CT molecular complexity index is 546. The first-order valence-corrected chi connectivity index (χ1v) is 7.36. The van der Waals surface area contributed by atoms with E-state index < -0.39 is 0 Å². The van der Waals surface area contributed by atoms with Crippen LogP contribution in [0.15, 0.2) is 35.1 Å². The van der Waals surface area contributed by atoms with Crippen molar-refractivity contribution >= 4 is 15.9 Å². The maximum atomic E-state index is 4.26. The Balaban J connectivity index is 2.12. The maximum absolute atomic E-state index is 4.26. The highest BCUT2D eigenvalue weighted by atomic mass is 79.9. The molecule has 1 N–H and O–H groups in total. The Morgan fingerprint density at radius 3 is 2.74 bits per heavy atom. The van der Waals surface area contributed by atoms with Gasteiger partial charge in [0.15, 0.2) is 0 Å². The zero-order valence-electron chi connectivity index (χ0n) is 11.7. The SMILES string of the molecule is Cc1nccn1-c1ccc(CNCC(C)C)cc1Br. The second-order valence-electron chi connectivity index (χ2n) is 5.15. The molecule has 0 fully saturated rings. The van der Waals surface area contributed by atoms with Crippen LogP contribution in [-0.4, -0.2) is 16.1 Å². The molecule has 0 spiro atoms. The van der Waals surface area contributed by atoms with Gasteiger partial charge in [-0.3, -0.25) is 0 Å². The number of hydrogen-bond acceptors (Lipinski definition) is 2. The fraction of sp³-hybridized carbons (Fsp3) is 0.400. The summed E-state index contributed by atoms with van der Waals surface area (Å²) in [6.07, 6.45) is 3.80. The van der Waals surface area contributed by atoms with E-state index in [1.807, 2.05) is 19.3 Å². The minimum Gasteiger partial charge on any atom is -0.312 e. The van der Waals surface area contributed by atoms with Crippen LogP contribution < -0.4 is 5.32 Å². The van der Waals surface area contributed by atoms with Crippen LogP contribution in [0.25, 0.3) is 5.69 Å². The minimum absolute atomic E-state index is 0.677. The first-order chi connectivity index (χ1) is 9.08. The summed E-state index contributed by atoms with van der Waals surface area (Å²) >= 11 is 3.65. The Morgan fingerprint density at radius 1 is 1.37 bits per heavy atom. The lowest BCUT2D eigenvalue weighted by molar-refractivity contribution is 0.552. The van der Waals surface area contributed by atoms with Crippen LogP contribution in [0.5, 0.6) is 0 Å². The van der Waals surface area contributed by atoms with Crippen LogP contribution in [-0.2, 0) is 6.54 Å². The number of halogens is 1. The second kappa shape index (κ2) is 6.35. The van der Waals surface area contributed by atoms with E-state index in [1.165, 1.54) is 5.56 Å². The lowest BCUT2D eigenvalue weighted by Crippen LogP contribution is -2.18. The molecule has 19 heavy (non-hydrogen) atoms. The number of imidazole rings is 1. The molecule has 0 aliphatic rings. The molecule has 3 nitrogen and oxygen atoms in total. The summed E-state index contributed by atoms with van der Waals surface area (Å²) in [5.41, 5.74) is 2.41. The van der Waals surface area contributed by atoms with Crippen molar-refractivity contribution < 1.29 is 0 Å². The van der Waals surface area contributed by atoms with E-state index >= 15 is 0 Å². The zero-order valence-corrected chi connectivity index (χ0v) is 13.2. The van der Waals surface area contributed by atoms with Gasteiger partial charge in [-0.05, 0) is 53.0 Å². The highest BCUT2D eigenvalue weighted by molar-refractivity contribution is 9.10. The monoisotopic (exact) mass is 321 g/mol. The third kappa shape index (κ3) is 3.67. The number of benzene rings is 1. The summed E-state index contributed by atoms with van der Waals surface area (Å²) in [4.78, 5) is 4.26. The molecule has 0 unspecified atom stereocenters. The lowest BCUT2D eigenvalue weighted by atomic mass is 10.2. The third-order valence-electron chi connectivity index (χ3n) is 2.98. The number of hydrogen-bond donors (Lipinski definition) is 1. The lowest BCUT2D eigenvalue weighted by Gasteiger charge is -2.11. The summed E-state index contributed by atoms with van der Waals surface area (Å²) in [6.45, 7) is 8.38. The van der Waals surface area contributed by atoms with Gasteiger partial charge in [0.2, 0.25) is 0 Å². The van der Waals surface area contributed by atoms with E-state index in [-0.39, 0.29) is 0 Å². The summed E-state index contributed by atoms with van der Waals surface area (Å²) < 4.78 is 3.17. The molecule has 0 radical (unpaired) electrons. The summed E-state index contributed by atoms with van der Waals surface area (Å²) in [5, 5.41) is 3.45. The molecule has 0 aliphatic heterocycles. The molecule has 2 rings (SSSR count). The van der Waals surface area contributed by atoms with E-state index in [1.54, 1.807) is 0 Å². The first-order valence-electron chi connectivity index (χ1n) is 6.57. The first kappa shape index (κ1) is 14.3. The van der Waals surface area contributed by atoms with Gasteiger partial charge in [-0.15, -0.1) is 0 Å². The molecule has 4 heteroatoms. The van der Waals surface area contributed by atoms with Crippen LogP contribution in [0, 0.1) is 12.8 Å². The van der Waals surface area contributed by atoms with Crippen molar-refractivity contribution in [1.82, 2.24) is 14.9 Å². The maximum Gasteiger partial charge on any atom is 0.110 e. The van der Waals surface area contributed by atoms with Gasteiger partial charge in [0.1, 0.15) is 5.82 Å². The van der Waals surface area contributed by atoms with E-state index in [0.717, 1.165) is 29.1 Å². The van der Waals surface area contributed by atoms with Gasteiger partial charge >= 0.3 is 0 Å². The van der Waals surface area contributed by atoms with E-state index in [9.17, 15) is 0 Å². The third-order valence-corrected chi connectivity index (χ3v) is 3.61. The molecule has 0 amide bonds. The van der Waals surface area contributed by atoms with Crippen LogP contribution >= 0.6 is 15.9 Å². The molecule has 2 aromatic rings. The van der Waals surface area contributed by atoms with Crippen LogP contribution in [0.3, 0.4) is 0 Å². The zero-order chi connectivity index (χ0) is 13.8. The molecule has 0 saturated carbocycles. The number of aryl methyl sites for hydroxylation is 1. The average Bonchev–Trinajstić information content (AvgIpc) is 2.75. The van der Waals surface area contributed by atoms with Crippen molar-refractivity contribution in [3.8, 4) is 5.69 Å². The van der Waals surface area contributed by atoms with Crippen LogP contribution in [0.4, 0.5) is 0 Å². The molecular weight excluding hydrogens is 302 g/mol.